The molecule has 6 heteroatoms. The molecule has 1 aliphatic carbocycles. The van der Waals surface area contributed by atoms with Crippen LogP contribution in [0.3, 0.4) is 0 Å². The van der Waals surface area contributed by atoms with Crippen molar-refractivity contribution >= 4 is 27.2 Å². The van der Waals surface area contributed by atoms with Crippen molar-refractivity contribution in [2.75, 3.05) is 5.75 Å². The van der Waals surface area contributed by atoms with E-state index < -0.39 is 15.6 Å². The van der Waals surface area contributed by atoms with Crippen LogP contribution < -0.4 is 10.5 Å². The molecule has 0 unspecified atom stereocenters. The zero-order valence-electron chi connectivity index (χ0n) is 11.9. The molecule has 0 saturated heterocycles. The number of rotatable bonds is 7. The summed E-state index contributed by atoms with van der Waals surface area (Å²) in [7, 11) is -3.33. The second-order valence-corrected chi connectivity index (χ2v) is 7.75. The first-order valence-electron chi connectivity index (χ1n) is 7.16. The zero-order chi connectivity index (χ0) is 14.5. The van der Waals surface area contributed by atoms with Crippen molar-refractivity contribution in [2.24, 2.45) is 11.7 Å². The summed E-state index contributed by atoms with van der Waals surface area (Å²) in [4.78, 5) is 0.240. The number of sulfonamides is 1. The van der Waals surface area contributed by atoms with E-state index in [0.717, 1.165) is 25.7 Å². The van der Waals surface area contributed by atoms with Crippen LogP contribution in [0.1, 0.15) is 58.8 Å². The van der Waals surface area contributed by atoms with Gasteiger partial charge < -0.3 is 5.73 Å². The minimum Gasteiger partial charge on any atom is -0.392 e. The summed E-state index contributed by atoms with van der Waals surface area (Å²) in [5.74, 6) is 0.487. The monoisotopic (exact) mass is 306 g/mol. The summed E-state index contributed by atoms with van der Waals surface area (Å²) in [6.45, 7) is 3.82. The van der Waals surface area contributed by atoms with Crippen molar-refractivity contribution in [1.29, 1.82) is 0 Å². The Balaban J connectivity index is 2.73. The van der Waals surface area contributed by atoms with Crippen molar-refractivity contribution in [3.05, 3.63) is 0 Å². The molecule has 1 aliphatic rings. The average molecular weight is 306 g/mol. The van der Waals surface area contributed by atoms with Crippen LogP contribution in [-0.4, -0.2) is 24.7 Å². The summed E-state index contributed by atoms with van der Waals surface area (Å²) in [6, 6.07) is 0. The smallest absolute Gasteiger partial charge is 0.212 e. The average Bonchev–Trinajstić information content (AvgIpc) is 2.36. The number of hydrogen-bond acceptors (Lipinski definition) is 3. The zero-order valence-corrected chi connectivity index (χ0v) is 13.6. The van der Waals surface area contributed by atoms with E-state index in [1.165, 1.54) is 6.42 Å². The topological polar surface area (TPSA) is 72.2 Å². The van der Waals surface area contributed by atoms with E-state index in [9.17, 15) is 8.42 Å². The van der Waals surface area contributed by atoms with E-state index >= 15 is 0 Å². The first kappa shape index (κ1) is 16.9. The normalized spacial score (nSPS) is 18.4. The quantitative estimate of drug-likeness (QED) is 0.708. The molecule has 1 saturated carbocycles. The maximum atomic E-state index is 12.3. The molecule has 19 heavy (non-hydrogen) atoms. The molecule has 1 fully saturated rings. The first-order valence-corrected chi connectivity index (χ1v) is 9.23. The third-order valence-electron chi connectivity index (χ3n) is 4.21. The van der Waals surface area contributed by atoms with Gasteiger partial charge in [0, 0.05) is 0 Å². The minimum atomic E-state index is -3.33. The molecule has 0 bridgehead atoms. The van der Waals surface area contributed by atoms with E-state index in [1.54, 1.807) is 0 Å². The first-order chi connectivity index (χ1) is 8.85. The number of hydrogen-bond donors (Lipinski definition) is 2. The third kappa shape index (κ3) is 4.68. The van der Waals surface area contributed by atoms with Gasteiger partial charge in [-0.25, -0.2) is 13.1 Å². The Kier molecular flexibility index (Phi) is 6.20. The predicted molar refractivity (Wildman–Crippen MR) is 83.6 cm³/mol. The van der Waals surface area contributed by atoms with Gasteiger partial charge in [0.05, 0.1) is 16.3 Å². The highest BCUT2D eigenvalue weighted by atomic mass is 32.2. The van der Waals surface area contributed by atoms with Crippen LogP contribution in [0.15, 0.2) is 0 Å². The van der Waals surface area contributed by atoms with Crippen molar-refractivity contribution < 1.29 is 8.42 Å². The molecule has 0 aromatic carbocycles. The van der Waals surface area contributed by atoms with Gasteiger partial charge in [0.25, 0.3) is 0 Å². The maximum Gasteiger partial charge on any atom is 0.212 e. The molecule has 0 amide bonds. The Morgan fingerprint density at radius 2 is 1.79 bits per heavy atom. The molecule has 3 N–H and O–H groups in total. The van der Waals surface area contributed by atoms with Gasteiger partial charge >= 0.3 is 0 Å². The molecular formula is C13H26N2O2S2. The lowest BCUT2D eigenvalue weighted by Crippen LogP contribution is -2.56. The Morgan fingerprint density at radius 1 is 1.26 bits per heavy atom. The van der Waals surface area contributed by atoms with E-state index in [0.29, 0.717) is 12.8 Å². The Bertz CT molecular complexity index is 397. The molecule has 4 nitrogen and oxygen atoms in total. The summed E-state index contributed by atoms with van der Waals surface area (Å²) in [6.07, 6.45) is 6.71. The minimum absolute atomic E-state index is 0.206. The van der Waals surface area contributed by atoms with Crippen LogP contribution in [0.4, 0.5) is 0 Å². The molecule has 0 aromatic heterocycles. The highest BCUT2D eigenvalue weighted by Gasteiger charge is 2.35. The molecule has 0 atom stereocenters. The fourth-order valence-corrected chi connectivity index (χ4v) is 5.23. The summed E-state index contributed by atoms with van der Waals surface area (Å²) in [5, 5.41) is 0. The van der Waals surface area contributed by atoms with Crippen LogP contribution in [-0.2, 0) is 10.0 Å². The summed E-state index contributed by atoms with van der Waals surface area (Å²) < 4.78 is 27.4. The van der Waals surface area contributed by atoms with E-state index in [1.807, 2.05) is 13.8 Å². The van der Waals surface area contributed by atoms with E-state index in [2.05, 4.69) is 4.72 Å². The van der Waals surface area contributed by atoms with Gasteiger partial charge in [-0.1, -0.05) is 45.3 Å². The fraction of sp³-hybridized carbons (Fsp3) is 0.923. The van der Waals surface area contributed by atoms with Gasteiger partial charge in [-0.3, -0.25) is 0 Å². The number of nitrogens with two attached hydrogens (primary N) is 1. The highest BCUT2D eigenvalue weighted by Crippen LogP contribution is 2.26. The molecule has 0 spiro atoms. The van der Waals surface area contributed by atoms with Crippen LogP contribution in [0.5, 0.6) is 0 Å². The molecular weight excluding hydrogens is 280 g/mol. The van der Waals surface area contributed by atoms with E-state index in [4.69, 9.17) is 18.0 Å². The van der Waals surface area contributed by atoms with Gasteiger partial charge in [-0.05, 0) is 31.6 Å². The third-order valence-corrected chi connectivity index (χ3v) is 6.21. The molecule has 0 heterocycles. The predicted octanol–water partition coefficient (Wildman–Crippen LogP) is 2.33. The van der Waals surface area contributed by atoms with Crippen LogP contribution >= 0.6 is 12.2 Å². The van der Waals surface area contributed by atoms with E-state index in [-0.39, 0.29) is 16.7 Å². The molecule has 112 valence electrons. The van der Waals surface area contributed by atoms with Crippen LogP contribution in [0, 0.1) is 5.92 Å². The van der Waals surface area contributed by atoms with Crippen molar-refractivity contribution in [3.63, 3.8) is 0 Å². The lowest BCUT2D eigenvalue weighted by molar-refractivity contribution is 0.380. The standard InChI is InChI=1S/C13H26N2O2S2/c1-3-13(4-2,12(14)18)15-19(16,17)10-11-8-6-5-7-9-11/h11,15H,3-10H2,1-2H3,(H2,14,18). The van der Waals surface area contributed by atoms with Gasteiger partial charge in [0.2, 0.25) is 10.0 Å². The second-order valence-electron chi connectivity index (χ2n) is 5.54. The highest BCUT2D eigenvalue weighted by molar-refractivity contribution is 7.89. The maximum absolute atomic E-state index is 12.3. The SMILES string of the molecule is CCC(CC)(NS(=O)(=O)CC1CCCCC1)C(N)=S. The summed E-state index contributed by atoms with van der Waals surface area (Å²) >= 11 is 5.05. The van der Waals surface area contributed by atoms with Gasteiger partial charge in [0.1, 0.15) is 0 Å². The second kappa shape index (κ2) is 6.99. The number of thiocarbonyl (C=S) groups is 1. The van der Waals surface area contributed by atoms with Gasteiger partial charge in [0.15, 0.2) is 0 Å². The molecule has 0 aliphatic heterocycles. The van der Waals surface area contributed by atoms with Crippen LogP contribution in [0.2, 0.25) is 0 Å². The largest absolute Gasteiger partial charge is 0.392 e. The van der Waals surface area contributed by atoms with Gasteiger partial charge in [-0.15, -0.1) is 0 Å². The van der Waals surface area contributed by atoms with Crippen molar-refractivity contribution in [1.82, 2.24) is 4.72 Å². The molecule has 0 aromatic rings. The lowest BCUT2D eigenvalue weighted by Gasteiger charge is -2.32. The van der Waals surface area contributed by atoms with Crippen molar-refractivity contribution in [2.45, 2.75) is 64.3 Å². The fourth-order valence-electron chi connectivity index (χ4n) is 2.80. The number of nitrogens with one attached hydrogen (secondary N) is 1. The van der Waals surface area contributed by atoms with Gasteiger partial charge in [-0.2, -0.15) is 0 Å². The molecule has 0 radical (unpaired) electrons. The summed E-state index contributed by atoms with van der Waals surface area (Å²) in [5.41, 5.74) is 4.98. The van der Waals surface area contributed by atoms with Crippen LogP contribution in [0.25, 0.3) is 0 Å². The molecule has 1 rings (SSSR count). The Hall–Kier alpha value is -0.200. The Labute approximate surface area is 122 Å². The Morgan fingerprint density at radius 3 is 2.21 bits per heavy atom. The lowest BCUT2D eigenvalue weighted by atomic mass is 9.91. The van der Waals surface area contributed by atoms with Crippen molar-refractivity contribution in [3.8, 4) is 0 Å².